The molecular weight excluding hydrogens is 447 g/mol. The van der Waals surface area contributed by atoms with Crippen LogP contribution in [0.5, 0.6) is 0 Å². The smallest absolute Gasteiger partial charge is 0.255 e. The van der Waals surface area contributed by atoms with Crippen molar-refractivity contribution < 1.29 is 14.0 Å². The Labute approximate surface area is 200 Å². The highest BCUT2D eigenvalue weighted by Crippen LogP contribution is 2.32. The number of halogens is 1. The maximum absolute atomic E-state index is 13.6. The van der Waals surface area contributed by atoms with E-state index in [2.05, 4.69) is 5.32 Å². The summed E-state index contributed by atoms with van der Waals surface area (Å²) in [5.74, 6) is -0.725. The van der Waals surface area contributed by atoms with E-state index in [1.807, 2.05) is 73.7 Å². The highest BCUT2D eigenvalue weighted by atomic mass is 32.2. The molecule has 0 aliphatic carbocycles. The van der Waals surface area contributed by atoms with Crippen LogP contribution in [0.2, 0.25) is 0 Å². The fraction of sp³-hybridized carbons (Fsp3) is 0.0714. The van der Waals surface area contributed by atoms with Gasteiger partial charge < -0.3 is 5.32 Å². The number of hydrogen-bond donors (Lipinski definition) is 1. The third-order valence-electron chi connectivity index (χ3n) is 5.66. The zero-order valence-electron chi connectivity index (χ0n) is 18.4. The Hall–Kier alpha value is -3.90. The van der Waals surface area contributed by atoms with Gasteiger partial charge in [-0.05, 0) is 61.5 Å². The molecule has 1 amide bonds. The summed E-state index contributed by atoms with van der Waals surface area (Å²) in [5.41, 5.74) is 2.76. The first kappa shape index (κ1) is 21.9. The van der Waals surface area contributed by atoms with Gasteiger partial charge in [0.05, 0.1) is 16.3 Å². The molecule has 0 saturated heterocycles. The van der Waals surface area contributed by atoms with Crippen molar-refractivity contribution in [3.05, 3.63) is 108 Å². The van der Waals surface area contributed by atoms with E-state index in [4.69, 9.17) is 0 Å². The summed E-state index contributed by atoms with van der Waals surface area (Å²) in [4.78, 5) is 26.9. The Kier molecular flexibility index (Phi) is 5.90. The summed E-state index contributed by atoms with van der Waals surface area (Å²) in [6.45, 7) is 1.89. The highest BCUT2D eigenvalue weighted by Gasteiger charge is 2.21. The molecule has 5 aromatic rings. The minimum atomic E-state index is -0.392. The topological polar surface area (TPSA) is 51.1 Å². The van der Waals surface area contributed by atoms with Crippen molar-refractivity contribution in [3.8, 4) is 0 Å². The van der Waals surface area contributed by atoms with Crippen molar-refractivity contribution in [2.24, 2.45) is 0 Å². The number of hydrogen-bond acceptors (Lipinski definition) is 3. The first-order valence-corrected chi connectivity index (χ1v) is 11.8. The quantitative estimate of drug-likeness (QED) is 0.282. The van der Waals surface area contributed by atoms with Crippen LogP contribution in [0.1, 0.15) is 22.1 Å². The maximum Gasteiger partial charge on any atom is 0.255 e. The van der Waals surface area contributed by atoms with Crippen LogP contribution in [-0.2, 0) is 0 Å². The van der Waals surface area contributed by atoms with Gasteiger partial charge in [0.25, 0.3) is 5.91 Å². The summed E-state index contributed by atoms with van der Waals surface area (Å²) in [5, 5.41) is 4.57. The molecule has 0 radical (unpaired) electrons. The van der Waals surface area contributed by atoms with Gasteiger partial charge in [0.1, 0.15) is 5.82 Å². The van der Waals surface area contributed by atoms with Crippen LogP contribution in [0.4, 0.5) is 10.1 Å². The number of carbonyl (C=O) groups is 2. The number of carbonyl (C=O) groups excluding carboxylic acids is 2. The normalized spacial score (nSPS) is 12.1. The minimum Gasteiger partial charge on any atom is -0.322 e. The second-order valence-corrected chi connectivity index (χ2v) is 9.37. The lowest BCUT2D eigenvalue weighted by atomic mass is 10.2. The van der Waals surface area contributed by atoms with Gasteiger partial charge in [0.15, 0.2) is 0 Å². The average molecular weight is 469 g/mol. The van der Waals surface area contributed by atoms with Gasteiger partial charge in [-0.2, -0.15) is 0 Å². The molecule has 0 spiro atoms. The molecule has 168 valence electrons. The summed E-state index contributed by atoms with van der Waals surface area (Å²) in [7, 11) is 0. The van der Waals surface area contributed by atoms with Crippen LogP contribution >= 0.6 is 11.8 Å². The van der Waals surface area contributed by atoms with E-state index < -0.39 is 5.82 Å². The second-order valence-electron chi connectivity index (χ2n) is 7.96. The Morgan fingerprint density at radius 3 is 2.09 bits per heavy atom. The van der Waals surface area contributed by atoms with Gasteiger partial charge in [-0.1, -0.05) is 42.5 Å². The van der Waals surface area contributed by atoms with Crippen LogP contribution in [0.3, 0.4) is 0 Å². The van der Waals surface area contributed by atoms with Crippen molar-refractivity contribution in [1.29, 1.82) is 0 Å². The van der Waals surface area contributed by atoms with E-state index in [0.717, 1.165) is 26.7 Å². The molecule has 1 aromatic heterocycles. The number of para-hydroxylation sites is 2. The van der Waals surface area contributed by atoms with E-state index in [-0.39, 0.29) is 17.1 Å². The molecule has 5 rings (SSSR count). The van der Waals surface area contributed by atoms with Crippen LogP contribution in [0, 0.1) is 5.82 Å². The molecule has 0 fully saturated rings. The average Bonchev–Trinajstić information content (AvgIpc) is 3.18. The number of fused-ring (bicyclic) bond motifs is 3. The Balaban J connectivity index is 1.38. The van der Waals surface area contributed by atoms with Gasteiger partial charge in [-0.25, -0.2) is 4.39 Å². The maximum atomic E-state index is 13.6. The van der Waals surface area contributed by atoms with Crippen molar-refractivity contribution in [2.75, 3.05) is 5.32 Å². The van der Waals surface area contributed by atoms with Crippen LogP contribution in [0.25, 0.3) is 21.8 Å². The minimum absolute atomic E-state index is 0.0110. The predicted octanol–water partition coefficient (Wildman–Crippen LogP) is 7.01. The zero-order chi connectivity index (χ0) is 23.7. The largest absolute Gasteiger partial charge is 0.322 e. The molecule has 1 unspecified atom stereocenters. The highest BCUT2D eigenvalue weighted by molar-refractivity contribution is 8.00. The zero-order valence-corrected chi connectivity index (χ0v) is 19.2. The molecular formula is C28H21FN2O2S. The lowest BCUT2D eigenvalue weighted by Crippen LogP contribution is -2.21. The van der Waals surface area contributed by atoms with E-state index >= 15 is 0 Å². The van der Waals surface area contributed by atoms with Crippen LogP contribution in [-0.4, -0.2) is 21.6 Å². The molecule has 0 aliphatic heterocycles. The number of benzene rings is 4. The van der Waals surface area contributed by atoms with Gasteiger partial charge in [0, 0.05) is 26.9 Å². The molecule has 0 bridgehead atoms. The number of aromatic nitrogens is 1. The van der Waals surface area contributed by atoms with Gasteiger partial charge in [-0.3, -0.25) is 14.2 Å². The number of rotatable bonds is 5. The third-order valence-corrected chi connectivity index (χ3v) is 6.74. The standard InChI is InChI=1S/C28H21FN2O2S/c1-18(28(33)31-25-11-4-2-9-23(25)24-10-3-5-12-26(24)31)34-22-8-6-7-21(17-22)30-27(32)19-13-15-20(29)16-14-19/h2-18H,1H3,(H,30,32). The fourth-order valence-corrected chi connectivity index (χ4v) is 5.01. The van der Waals surface area contributed by atoms with Crippen molar-refractivity contribution in [2.45, 2.75) is 17.1 Å². The van der Waals surface area contributed by atoms with Crippen molar-refractivity contribution in [1.82, 2.24) is 4.57 Å². The second kappa shape index (κ2) is 9.15. The van der Waals surface area contributed by atoms with E-state index in [1.165, 1.54) is 36.0 Å². The number of nitrogens with zero attached hydrogens (tertiary/aromatic N) is 1. The van der Waals surface area contributed by atoms with Crippen molar-refractivity contribution >= 4 is 51.1 Å². The number of thioether (sulfide) groups is 1. The first-order chi connectivity index (χ1) is 16.5. The Morgan fingerprint density at radius 1 is 0.824 bits per heavy atom. The molecule has 34 heavy (non-hydrogen) atoms. The monoisotopic (exact) mass is 468 g/mol. The van der Waals surface area contributed by atoms with Gasteiger partial charge in [-0.15, -0.1) is 11.8 Å². The third kappa shape index (κ3) is 4.20. The predicted molar refractivity (Wildman–Crippen MR) is 136 cm³/mol. The number of amides is 1. The SMILES string of the molecule is CC(Sc1cccc(NC(=O)c2ccc(F)cc2)c1)C(=O)n1c2ccccc2c2ccccc21. The number of nitrogens with one attached hydrogen (secondary N) is 1. The van der Waals surface area contributed by atoms with E-state index in [0.29, 0.717) is 11.3 Å². The molecule has 1 atom stereocenters. The Bertz CT molecular complexity index is 1470. The molecule has 4 nitrogen and oxygen atoms in total. The molecule has 6 heteroatoms. The van der Waals surface area contributed by atoms with Gasteiger partial charge in [0.2, 0.25) is 5.91 Å². The summed E-state index contributed by atoms with van der Waals surface area (Å²) in [6, 6.07) is 28.6. The fourth-order valence-electron chi connectivity index (χ4n) is 4.05. The molecule has 1 N–H and O–H groups in total. The number of anilines is 1. The first-order valence-electron chi connectivity index (χ1n) is 10.9. The van der Waals surface area contributed by atoms with E-state index in [9.17, 15) is 14.0 Å². The van der Waals surface area contributed by atoms with Crippen LogP contribution < -0.4 is 5.32 Å². The van der Waals surface area contributed by atoms with Gasteiger partial charge >= 0.3 is 0 Å². The summed E-state index contributed by atoms with van der Waals surface area (Å²) >= 11 is 1.43. The molecule has 1 heterocycles. The lowest BCUT2D eigenvalue weighted by Gasteiger charge is -2.14. The lowest BCUT2D eigenvalue weighted by molar-refractivity contribution is 0.0924. The summed E-state index contributed by atoms with van der Waals surface area (Å²) < 4.78 is 14.9. The Morgan fingerprint density at radius 2 is 1.44 bits per heavy atom. The van der Waals surface area contributed by atoms with Crippen LogP contribution in [0.15, 0.2) is 102 Å². The van der Waals surface area contributed by atoms with Crippen molar-refractivity contribution in [3.63, 3.8) is 0 Å². The van der Waals surface area contributed by atoms with E-state index in [1.54, 1.807) is 10.6 Å². The molecule has 4 aromatic carbocycles. The molecule has 0 aliphatic rings. The summed E-state index contributed by atoms with van der Waals surface area (Å²) in [6.07, 6.45) is 0. The molecule has 0 saturated carbocycles.